The number of ether oxygens (including phenoxy) is 2. The SMILES string of the molecule is COCCOc1cc2c(NC(C)c3cccc(C(F)(F)C(C)(C)O)c3F)nc(C)nc2cc1N1CCNCC1. The molecule has 1 aromatic heterocycles. The van der Waals surface area contributed by atoms with Crippen LogP contribution in [-0.2, 0) is 10.7 Å². The number of aliphatic hydroxyl groups is 1. The first-order chi connectivity index (χ1) is 18.4. The Hall–Kier alpha value is -3.15. The van der Waals surface area contributed by atoms with Crippen LogP contribution >= 0.6 is 0 Å². The van der Waals surface area contributed by atoms with Gasteiger partial charge in [0.2, 0.25) is 0 Å². The number of anilines is 2. The number of piperazine rings is 1. The molecule has 2 heterocycles. The molecule has 1 saturated heterocycles. The maximum absolute atomic E-state index is 15.4. The number of fused-ring (bicyclic) bond motifs is 1. The zero-order chi connectivity index (χ0) is 28.4. The Balaban J connectivity index is 1.74. The van der Waals surface area contributed by atoms with Crippen molar-refractivity contribution in [2.45, 2.75) is 45.3 Å². The van der Waals surface area contributed by atoms with Crippen molar-refractivity contribution in [2.75, 3.05) is 56.7 Å². The van der Waals surface area contributed by atoms with Crippen molar-refractivity contribution in [3.63, 3.8) is 0 Å². The first-order valence-corrected chi connectivity index (χ1v) is 13.0. The van der Waals surface area contributed by atoms with Crippen molar-refractivity contribution in [1.29, 1.82) is 0 Å². The van der Waals surface area contributed by atoms with Gasteiger partial charge >= 0.3 is 5.92 Å². The summed E-state index contributed by atoms with van der Waals surface area (Å²) in [6.45, 7) is 9.41. The van der Waals surface area contributed by atoms with Crippen LogP contribution in [-0.4, -0.2) is 67.2 Å². The molecule has 212 valence electrons. The largest absolute Gasteiger partial charge is 0.489 e. The second kappa shape index (κ2) is 11.5. The highest BCUT2D eigenvalue weighted by Crippen LogP contribution is 2.42. The van der Waals surface area contributed by atoms with Crippen LogP contribution < -0.4 is 20.3 Å². The van der Waals surface area contributed by atoms with E-state index in [4.69, 9.17) is 9.47 Å². The van der Waals surface area contributed by atoms with Crippen molar-refractivity contribution in [2.24, 2.45) is 0 Å². The molecule has 0 saturated carbocycles. The molecule has 3 N–H and O–H groups in total. The van der Waals surface area contributed by atoms with Gasteiger partial charge in [0.15, 0.2) is 0 Å². The fraction of sp³-hybridized carbons (Fsp3) is 0.500. The van der Waals surface area contributed by atoms with E-state index in [1.54, 1.807) is 21.0 Å². The smallest absolute Gasteiger partial charge is 0.303 e. The zero-order valence-corrected chi connectivity index (χ0v) is 22.9. The quantitative estimate of drug-likeness (QED) is 0.319. The summed E-state index contributed by atoms with van der Waals surface area (Å²) in [6.07, 6.45) is 0. The highest BCUT2D eigenvalue weighted by molar-refractivity contribution is 5.94. The second-order valence-corrected chi connectivity index (χ2v) is 10.2. The van der Waals surface area contributed by atoms with E-state index in [2.05, 4.69) is 25.5 Å². The van der Waals surface area contributed by atoms with E-state index in [0.717, 1.165) is 51.8 Å². The van der Waals surface area contributed by atoms with E-state index in [-0.39, 0.29) is 5.56 Å². The van der Waals surface area contributed by atoms with Crippen molar-refractivity contribution < 1.29 is 27.8 Å². The van der Waals surface area contributed by atoms with Gasteiger partial charge in [-0.1, -0.05) is 12.1 Å². The van der Waals surface area contributed by atoms with Crippen LogP contribution in [0.15, 0.2) is 30.3 Å². The fourth-order valence-corrected chi connectivity index (χ4v) is 4.61. The topological polar surface area (TPSA) is 91.8 Å². The van der Waals surface area contributed by atoms with Gasteiger partial charge in [0.25, 0.3) is 0 Å². The van der Waals surface area contributed by atoms with Gasteiger partial charge in [-0.2, -0.15) is 8.78 Å². The Bertz CT molecular complexity index is 1310. The average Bonchev–Trinajstić information content (AvgIpc) is 2.88. The number of benzene rings is 2. The molecule has 0 radical (unpaired) electrons. The Kier molecular flexibility index (Phi) is 8.53. The summed E-state index contributed by atoms with van der Waals surface area (Å²) in [6, 6.07) is 6.87. The van der Waals surface area contributed by atoms with E-state index in [9.17, 15) is 13.9 Å². The van der Waals surface area contributed by atoms with Crippen LogP contribution in [0.5, 0.6) is 5.75 Å². The van der Waals surface area contributed by atoms with Gasteiger partial charge in [-0.25, -0.2) is 14.4 Å². The van der Waals surface area contributed by atoms with Crippen molar-refractivity contribution >= 4 is 22.4 Å². The molecule has 1 atom stereocenters. The van der Waals surface area contributed by atoms with Gasteiger partial charge in [-0.3, -0.25) is 0 Å². The zero-order valence-electron chi connectivity index (χ0n) is 22.9. The normalized spacial score (nSPS) is 15.5. The van der Waals surface area contributed by atoms with Crippen molar-refractivity contribution in [3.05, 3.63) is 53.1 Å². The maximum Gasteiger partial charge on any atom is 0.303 e. The van der Waals surface area contributed by atoms with Crippen molar-refractivity contribution in [3.8, 4) is 5.75 Å². The van der Waals surface area contributed by atoms with E-state index in [1.807, 2.05) is 12.1 Å². The number of rotatable bonds is 10. The first-order valence-electron chi connectivity index (χ1n) is 13.0. The third-order valence-corrected chi connectivity index (χ3v) is 6.85. The number of aryl methyl sites for hydroxylation is 1. The Morgan fingerprint density at radius 1 is 1.15 bits per heavy atom. The molecule has 2 aromatic carbocycles. The molecule has 0 aliphatic carbocycles. The third kappa shape index (κ3) is 6.05. The number of hydrogen-bond acceptors (Lipinski definition) is 8. The minimum absolute atomic E-state index is 0.0230. The van der Waals surface area contributed by atoms with Gasteiger partial charge in [0, 0.05) is 44.2 Å². The number of nitrogens with one attached hydrogen (secondary N) is 2. The molecular weight excluding hydrogens is 511 g/mol. The maximum atomic E-state index is 15.4. The molecular formula is C28H36F3N5O3. The molecule has 1 aliphatic rings. The Morgan fingerprint density at radius 2 is 1.87 bits per heavy atom. The number of nitrogens with zero attached hydrogens (tertiary/aromatic N) is 3. The highest BCUT2D eigenvalue weighted by atomic mass is 19.3. The second-order valence-electron chi connectivity index (χ2n) is 10.2. The lowest BCUT2D eigenvalue weighted by molar-refractivity contribution is -0.170. The van der Waals surface area contributed by atoms with Gasteiger partial charge < -0.3 is 30.1 Å². The van der Waals surface area contributed by atoms with E-state index < -0.39 is 28.9 Å². The predicted molar refractivity (Wildman–Crippen MR) is 145 cm³/mol. The molecule has 39 heavy (non-hydrogen) atoms. The Labute approximate surface area is 226 Å². The molecule has 0 amide bonds. The number of alkyl halides is 2. The minimum Gasteiger partial charge on any atom is -0.489 e. The number of hydrogen-bond donors (Lipinski definition) is 3. The van der Waals surface area contributed by atoms with Crippen LogP contribution in [0, 0.1) is 12.7 Å². The van der Waals surface area contributed by atoms with Crippen molar-refractivity contribution in [1.82, 2.24) is 15.3 Å². The summed E-state index contributed by atoms with van der Waals surface area (Å²) in [7, 11) is 1.60. The summed E-state index contributed by atoms with van der Waals surface area (Å²) in [5.74, 6) is -3.31. The lowest BCUT2D eigenvalue weighted by atomic mass is 9.91. The lowest BCUT2D eigenvalue weighted by Crippen LogP contribution is -2.43. The molecule has 4 rings (SSSR count). The molecule has 1 unspecified atom stereocenters. The standard InChI is InChI=1S/C28H36F3N5O3/c1-17(19-7-6-8-21(25(19)29)28(30,31)27(3,4)37)33-26-20-15-24(39-14-13-38-5)23(36-11-9-32-10-12-36)16-22(20)34-18(2)35-26/h6-8,15-17,32,37H,9-14H2,1-5H3,(H,33,34,35). The van der Waals surface area contributed by atoms with Crippen LogP contribution in [0.25, 0.3) is 10.9 Å². The van der Waals surface area contributed by atoms with Crippen LogP contribution in [0.3, 0.4) is 0 Å². The molecule has 0 spiro atoms. The minimum atomic E-state index is -3.79. The highest BCUT2D eigenvalue weighted by Gasteiger charge is 2.49. The monoisotopic (exact) mass is 547 g/mol. The van der Waals surface area contributed by atoms with E-state index in [1.165, 1.54) is 12.1 Å². The number of aromatic nitrogens is 2. The molecule has 1 fully saturated rings. The number of methoxy groups -OCH3 is 1. The van der Waals surface area contributed by atoms with Crippen LogP contribution in [0.1, 0.15) is 43.8 Å². The number of halogens is 3. The summed E-state index contributed by atoms with van der Waals surface area (Å²) in [5.41, 5.74) is -1.70. The molecule has 3 aromatic rings. The molecule has 0 bridgehead atoms. The predicted octanol–water partition coefficient (Wildman–Crippen LogP) is 4.55. The van der Waals surface area contributed by atoms with Gasteiger partial charge in [-0.05, 0) is 45.9 Å². The summed E-state index contributed by atoms with van der Waals surface area (Å²) >= 11 is 0. The summed E-state index contributed by atoms with van der Waals surface area (Å²) in [4.78, 5) is 11.4. The van der Waals surface area contributed by atoms with E-state index >= 15 is 4.39 Å². The van der Waals surface area contributed by atoms with E-state index in [0.29, 0.717) is 41.5 Å². The fourth-order valence-electron chi connectivity index (χ4n) is 4.61. The first kappa shape index (κ1) is 28.8. The lowest BCUT2D eigenvalue weighted by Gasteiger charge is -2.31. The Morgan fingerprint density at radius 3 is 2.54 bits per heavy atom. The average molecular weight is 548 g/mol. The molecule has 8 nitrogen and oxygen atoms in total. The van der Waals surface area contributed by atoms with Crippen LogP contribution in [0.2, 0.25) is 0 Å². The third-order valence-electron chi connectivity index (χ3n) is 6.85. The van der Waals surface area contributed by atoms with Gasteiger partial charge in [-0.15, -0.1) is 0 Å². The molecule has 11 heteroatoms. The molecule has 1 aliphatic heterocycles. The van der Waals surface area contributed by atoms with Crippen LogP contribution in [0.4, 0.5) is 24.7 Å². The van der Waals surface area contributed by atoms with Gasteiger partial charge in [0.1, 0.15) is 35.4 Å². The summed E-state index contributed by atoms with van der Waals surface area (Å²) < 4.78 is 56.4. The summed E-state index contributed by atoms with van der Waals surface area (Å²) in [5, 5.41) is 17.2. The van der Waals surface area contributed by atoms with Gasteiger partial charge in [0.05, 0.1) is 29.4 Å².